The Bertz CT molecular complexity index is 556. The van der Waals surface area contributed by atoms with Crippen LogP contribution < -0.4 is 5.73 Å². The number of pyridine rings is 1. The highest BCUT2D eigenvalue weighted by Crippen LogP contribution is 2.35. The van der Waals surface area contributed by atoms with Crippen LogP contribution in [0.25, 0.3) is 0 Å². The molecule has 0 aliphatic rings. The summed E-state index contributed by atoms with van der Waals surface area (Å²) in [4.78, 5) is 5.52. The third kappa shape index (κ3) is 3.48. The molecule has 0 spiro atoms. The zero-order valence-corrected chi connectivity index (χ0v) is 10.6. The van der Waals surface area contributed by atoms with E-state index < -0.39 is 11.7 Å². The second-order valence-electron chi connectivity index (χ2n) is 3.81. The maximum absolute atomic E-state index is 12.7. The number of rotatable bonds is 3. The van der Waals surface area contributed by atoms with Gasteiger partial charge in [0.05, 0.1) is 5.56 Å². The molecule has 100 valence electrons. The maximum atomic E-state index is 12.7. The number of nitrogens with two attached hydrogens (primary N) is 1. The highest BCUT2D eigenvalue weighted by Gasteiger charge is 2.32. The number of aromatic nitrogens is 1. The lowest BCUT2D eigenvalue weighted by molar-refractivity contribution is -0.138. The topological polar surface area (TPSA) is 38.9 Å². The molecule has 0 bridgehead atoms. The molecule has 0 aliphatic carbocycles. The molecule has 2 aromatic rings. The number of nitrogens with zero attached hydrogens (tertiary/aromatic N) is 1. The normalized spacial score (nSPS) is 11.6. The van der Waals surface area contributed by atoms with Gasteiger partial charge in [-0.2, -0.15) is 13.2 Å². The van der Waals surface area contributed by atoms with Gasteiger partial charge in [-0.3, -0.25) is 4.98 Å². The van der Waals surface area contributed by atoms with Crippen molar-refractivity contribution in [2.45, 2.75) is 22.5 Å². The largest absolute Gasteiger partial charge is 0.416 e. The Hall–Kier alpha value is -1.53. The third-order valence-electron chi connectivity index (χ3n) is 2.49. The van der Waals surface area contributed by atoms with E-state index in [1.165, 1.54) is 23.9 Å². The number of alkyl halides is 3. The standard InChI is InChI=1S/C13H11F3N2S/c14-13(15,16)12-2-1-11(7-9(12)8-17)19-10-3-5-18-6-4-10/h1-7H,8,17H2. The first-order valence-electron chi connectivity index (χ1n) is 5.49. The molecule has 19 heavy (non-hydrogen) atoms. The van der Waals surface area contributed by atoms with Crippen molar-refractivity contribution in [1.29, 1.82) is 0 Å². The van der Waals surface area contributed by atoms with Crippen LogP contribution in [0, 0.1) is 0 Å². The lowest BCUT2D eigenvalue weighted by Crippen LogP contribution is -2.11. The van der Waals surface area contributed by atoms with Crippen LogP contribution in [0.1, 0.15) is 11.1 Å². The van der Waals surface area contributed by atoms with Gasteiger partial charge in [0, 0.05) is 28.7 Å². The van der Waals surface area contributed by atoms with Gasteiger partial charge in [-0.1, -0.05) is 11.8 Å². The van der Waals surface area contributed by atoms with Crippen LogP contribution in [0.15, 0.2) is 52.5 Å². The van der Waals surface area contributed by atoms with Gasteiger partial charge in [0.1, 0.15) is 0 Å². The molecule has 0 fully saturated rings. The van der Waals surface area contributed by atoms with Crippen molar-refractivity contribution in [2.75, 3.05) is 0 Å². The first-order valence-corrected chi connectivity index (χ1v) is 6.30. The van der Waals surface area contributed by atoms with E-state index in [1.807, 2.05) is 0 Å². The summed E-state index contributed by atoms with van der Waals surface area (Å²) in [6.07, 6.45) is -1.10. The SMILES string of the molecule is NCc1cc(Sc2ccncc2)ccc1C(F)(F)F. The first kappa shape index (κ1) is 13.9. The molecule has 6 heteroatoms. The van der Waals surface area contributed by atoms with Crippen molar-refractivity contribution in [3.05, 3.63) is 53.9 Å². The minimum atomic E-state index is -4.37. The third-order valence-corrected chi connectivity index (χ3v) is 3.48. The molecule has 0 atom stereocenters. The summed E-state index contributed by atoms with van der Waals surface area (Å²) in [6.45, 7) is -0.139. The molecule has 1 aromatic heterocycles. The Kier molecular flexibility index (Phi) is 4.11. The number of benzene rings is 1. The molecule has 1 heterocycles. The minimum absolute atomic E-state index is 0.103. The fourth-order valence-corrected chi connectivity index (χ4v) is 2.49. The highest BCUT2D eigenvalue weighted by molar-refractivity contribution is 7.99. The highest BCUT2D eigenvalue weighted by atomic mass is 32.2. The number of hydrogen-bond acceptors (Lipinski definition) is 3. The summed E-state index contributed by atoms with van der Waals surface area (Å²) in [5, 5.41) is 0. The molecule has 2 N–H and O–H groups in total. The molecule has 1 aromatic carbocycles. The summed E-state index contributed by atoms with van der Waals surface area (Å²) < 4.78 is 38.2. The maximum Gasteiger partial charge on any atom is 0.416 e. The van der Waals surface area contributed by atoms with Crippen molar-refractivity contribution in [3.63, 3.8) is 0 Å². The van der Waals surface area contributed by atoms with E-state index >= 15 is 0 Å². The Balaban J connectivity index is 2.30. The van der Waals surface area contributed by atoms with E-state index in [-0.39, 0.29) is 12.1 Å². The van der Waals surface area contributed by atoms with E-state index in [0.717, 1.165) is 15.9 Å². The van der Waals surface area contributed by atoms with E-state index in [4.69, 9.17) is 5.73 Å². The van der Waals surface area contributed by atoms with Crippen molar-refractivity contribution >= 4 is 11.8 Å². The monoisotopic (exact) mass is 284 g/mol. The molecule has 0 saturated carbocycles. The van der Waals surface area contributed by atoms with Gasteiger partial charge in [0.15, 0.2) is 0 Å². The van der Waals surface area contributed by atoms with Crippen LogP contribution in [0.4, 0.5) is 13.2 Å². The van der Waals surface area contributed by atoms with Crippen LogP contribution in [-0.2, 0) is 12.7 Å². The summed E-state index contributed by atoms with van der Waals surface area (Å²) in [7, 11) is 0. The average molecular weight is 284 g/mol. The number of halogens is 3. The fourth-order valence-electron chi connectivity index (χ4n) is 1.62. The van der Waals surface area contributed by atoms with Crippen molar-refractivity contribution in [1.82, 2.24) is 4.98 Å². The first-order chi connectivity index (χ1) is 9.00. The molecule has 0 radical (unpaired) electrons. The second kappa shape index (κ2) is 5.63. The van der Waals surface area contributed by atoms with E-state index in [0.29, 0.717) is 0 Å². The summed E-state index contributed by atoms with van der Waals surface area (Å²) in [6, 6.07) is 7.60. The van der Waals surface area contributed by atoms with Gasteiger partial charge in [-0.05, 0) is 35.9 Å². The van der Waals surface area contributed by atoms with Gasteiger partial charge in [0.2, 0.25) is 0 Å². The summed E-state index contributed by atoms with van der Waals surface area (Å²) >= 11 is 1.37. The van der Waals surface area contributed by atoms with Crippen LogP contribution >= 0.6 is 11.8 Å². The molecule has 0 saturated heterocycles. The van der Waals surface area contributed by atoms with Crippen molar-refractivity contribution < 1.29 is 13.2 Å². The van der Waals surface area contributed by atoms with Crippen LogP contribution in [0.2, 0.25) is 0 Å². The number of hydrogen-bond donors (Lipinski definition) is 1. The Morgan fingerprint density at radius 2 is 1.74 bits per heavy atom. The van der Waals surface area contributed by atoms with E-state index in [2.05, 4.69) is 4.98 Å². The van der Waals surface area contributed by atoms with E-state index in [9.17, 15) is 13.2 Å². The fraction of sp³-hybridized carbons (Fsp3) is 0.154. The second-order valence-corrected chi connectivity index (χ2v) is 4.95. The minimum Gasteiger partial charge on any atom is -0.326 e. The van der Waals surface area contributed by atoms with Gasteiger partial charge in [-0.25, -0.2) is 0 Å². The zero-order chi connectivity index (χ0) is 13.9. The van der Waals surface area contributed by atoms with Crippen LogP contribution in [0.3, 0.4) is 0 Å². The molecule has 2 nitrogen and oxygen atoms in total. The van der Waals surface area contributed by atoms with Crippen LogP contribution in [0.5, 0.6) is 0 Å². The molecular formula is C13H11F3N2S. The van der Waals surface area contributed by atoms with Crippen molar-refractivity contribution in [3.8, 4) is 0 Å². The van der Waals surface area contributed by atoms with Crippen LogP contribution in [-0.4, -0.2) is 4.98 Å². The van der Waals surface area contributed by atoms with E-state index in [1.54, 1.807) is 24.5 Å². The van der Waals surface area contributed by atoms with Gasteiger partial charge >= 0.3 is 6.18 Å². The molecule has 0 amide bonds. The zero-order valence-electron chi connectivity index (χ0n) is 9.82. The molecule has 2 rings (SSSR count). The van der Waals surface area contributed by atoms with Gasteiger partial charge < -0.3 is 5.73 Å². The Labute approximate surface area is 112 Å². The lowest BCUT2D eigenvalue weighted by atomic mass is 10.1. The van der Waals surface area contributed by atoms with Crippen molar-refractivity contribution in [2.24, 2.45) is 5.73 Å². The molecule has 0 unspecified atom stereocenters. The predicted octanol–water partition coefficient (Wildman–Crippen LogP) is 3.71. The van der Waals surface area contributed by atoms with Gasteiger partial charge in [0.25, 0.3) is 0 Å². The quantitative estimate of drug-likeness (QED) is 0.933. The van der Waals surface area contributed by atoms with Gasteiger partial charge in [-0.15, -0.1) is 0 Å². The average Bonchev–Trinajstić information content (AvgIpc) is 2.38. The molecule has 0 aliphatic heterocycles. The lowest BCUT2D eigenvalue weighted by Gasteiger charge is -2.13. The Morgan fingerprint density at radius 3 is 2.32 bits per heavy atom. The molecular weight excluding hydrogens is 273 g/mol. The predicted molar refractivity (Wildman–Crippen MR) is 67.7 cm³/mol. The smallest absolute Gasteiger partial charge is 0.326 e. The summed E-state index contributed by atoms with van der Waals surface area (Å²) in [5.74, 6) is 0. The summed E-state index contributed by atoms with van der Waals surface area (Å²) in [5.41, 5.74) is 4.82. The Morgan fingerprint density at radius 1 is 1.05 bits per heavy atom.